The lowest BCUT2D eigenvalue weighted by Gasteiger charge is -2.15. The Labute approximate surface area is 124 Å². The smallest absolute Gasteiger partial charge is 0.227 e. The fourth-order valence-corrected chi connectivity index (χ4v) is 2.23. The van der Waals surface area contributed by atoms with Crippen LogP contribution in [-0.2, 0) is 4.79 Å². The summed E-state index contributed by atoms with van der Waals surface area (Å²) in [5.74, 6) is -0.717. The van der Waals surface area contributed by atoms with E-state index < -0.39 is 5.82 Å². The van der Waals surface area contributed by atoms with Gasteiger partial charge in [0.1, 0.15) is 10.8 Å². The summed E-state index contributed by atoms with van der Waals surface area (Å²) in [4.78, 5) is 12.3. The molecule has 0 radical (unpaired) electrons. The molecule has 0 saturated heterocycles. The van der Waals surface area contributed by atoms with Crippen molar-refractivity contribution in [3.63, 3.8) is 0 Å². The molecule has 1 rings (SSSR count). The number of hydrogen-bond donors (Lipinski definition) is 2. The van der Waals surface area contributed by atoms with E-state index in [0.29, 0.717) is 5.56 Å². The summed E-state index contributed by atoms with van der Waals surface area (Å²) in [6.07, 6.45) is 3.49. The van der Waals surface area contributed by atoms with Crippen molar-refractivity contribution in [3.8, 4) is 0 Å². The van der Waals surface area contributed by atoms with Crippen molar-refractivity contribution in [2.75, 3.05) is 5.32 Å². The van der Waals surface area contributed by atoms with Gasteiger partial charge in [-0.3, -0.25) is 4.79 Å². The Morgan fingerprint density at radius 3 is 2.40 bits per heavy atom. The van der Waals surface area contributed by atoms with Crippen LogP contribution < -0.4 is 11.1 Å². The summed E-state index contributed by atoms with van der Waals surface area (Å²) in [6, 6.07) is 4.35. The molecule has 0 aliphatic rings. The summed E-state index contributed by atoms with van der Waals surface area (Å²) in [7, 11) is 0. The molecule has 0 aliphatic carbocycles. The topological polar surface area (TPSA) is 55.1 Å². The molecular weight excluding hydrogens is 275 g/mol. The van der Waals surface area contributed by atoms with Crippen LogP contribution in [-0.4, -0.2) is 10.9 Å². The number of amides is 1. The Morgan fingerprint density at radius 2 is 1.95 bits per heavy atom. The van der Waals surface area contributed by atoms with Crippen LogP contribution in [0.15, 0.2) is 18.2 Å². The van der Waals surface area contributed by atoms with Gasteiger partial charge in [0.25, 0.3) is 0 Å². The number of nitrogens with one attached hydrogen (secondary N) is 1. The highest BCUT2D eigenvalue weighted by atomic mass is 32.1. The normalized spacial score (nSPS) is 10.6. The molecule has 0 aromatic heterocycles. The zero-order valence-electron chi connectivity index (χ0n) is 11.9. The van der Waals surface area contributed by atoms with Gasteiger partial charge in [0.15, 0.2) is 0 Å². The number of carbonyl (C=O) groups excluding carboxylic acids is 1. The van der Waals surface area contributed by atoms with Crippen molar-refractivity contribution < 1.29 is 9.18 Å². The molecule has 3 nitrogen and oxygen atoms in total. The Bertz CT molecular complexity index is 485. The van der Waals surface area contributed by atoms with E-state index in [9.17, 15) is 9.18 Å². The number of halogens is 1. The van der Waals surface area contributed by atoms with Crippen molar-refractivity contribution in [2.24, 2.45) is 11.7 Å². The quantitative estimate of drug-likeness (QED) is 0.756. The third kappa shape index (κ3) is 4.56. The Morgan fingerprint density at radius 1 is 1.35 bits per heavy atom. The molecule has 0 unspecified atom stereocenters. The number of thiocarbonyl (C=S) groups is 1. The van der Waals surface area contributed by atoms with E-state index in [4.69, 9.17) is 18.0 Å². The number of rotatable bonds is 7. The molecule has 1 aromatic carbocycles. The maximum atomic E-state index is 13.9. The molecule has 3 N–H and O–H groups in total. The lowest BCUT2D eigenvalue weighted by molar-refractivity contribution is -0.120. The second-order valence-electron chi connectivity index (χ2n) is 4.82. The molecule has 0 fully saturated rings. The van der Waals surface area contributed by atoms with Crippen LogP contribution in [0, 0.1) is 11.7 Å². The molecule has 0 aliphatic heterocycles. The number of anilines is 1. The Hall–Kier alpha value is -1.49. The standard InChI is InChI=1S/C15H21FN2OS/c1-3-5-10(6-4-2)15(19)18-13-8-7-11(14(17)20)9-12(13)16/h7-10H,3-6H2,1-2H3,(H2,17,20)(H,18,19). The first kappa shape index (κ1) is 16.6. The van der Waals surface area contributed by atoms with E-state index in [-0.39, 0.29) is 22.5 Å². The Balaban J connectivity index is 2.81. The first-order chi connectivity index (χ1) is 9.49. The maximum Gasteiger partial charge on any atom is 0.227 e. The molecule has 1 aromatic rings. The fourth-order valence-electron chi connectivity index (χ4n) is 2.11. The van der Waals surface area contributed by atoms with Crippen molar-refractivity contribution in [2.45, 2.75) is 39.5 Å². The number of hydrogen-bond acceptors (Lipinski definition) is 2. The predicted molar refractivity (Wildman–Crippen MR) is 84.2 cm³/mol. The van der Waals surface area contributed by atoms with Gasteiger partial charge in [0.05, 0.1) is 5.69 Å². The van der Waals surface area contributed by atoms with Crippen LogP contribution in [0.1, 0.15) is 45.1 Å². The van der Waals surface area contributed by atoms with E-state index in [1.165, 1.54) is 12.1 Å². The zero-order valence-corrected chi connectivity index (χ0v) is 12.7. The van der Waals surface area contributed by atoms with E-state index in [0.717, 1.165) is 25.7 Å². The molecule has 0 atom stereocenters. The molecule has 20 heavy (non-hydrogen) atoms. The third-order valence-corrected chi connectivity index (χ3v) is 3.39. The Kier molecular flexibility index (Phi) is 6.58. The van der Waals surface area contributed by atoms with Crippen molar-refractivity contribution in [1.82, 2.24) is 0 Å². The van der Waals surface area contributed by atoms with E-state index in [2.05, 4.69) is 5.32 Å². The maximum absolute atomic E-state index is 13.9. The largest absolute Gasteiger partial charge is 0.389 e. The van der Waals surface area contributed by atoms with Crippen molar-refractivity contribution in [1.29, 1.82) is 0 Å². The second kappa shape index (κ2) is 7.94. The summed E-state index contributed by atoms with van der Waals surface area (Å²) in [5.41, 5.74) is 6.06. The minimum atomic E-state index is -0.518. The van der Waals surface area contributed by atoms with Crippen LogP contribution in [0.3, 0.4) is 0 Å². The lowest BCUT2D eigenvalue weighted by Crippen LogP contribution is -2.23. The van der Waals surface area contributed by atoms with Gasteiger partial charge in [-0.2, -0.15) is 0 Å². The second-order valence-corrected chi connectivity index (χ2v) is 5.26. The van der Waals surface area contributed by atoms with Gasteiger partial charge in [-0.1, -0.05) is 38.9 Å². The van der Waals surface area contributed by atoms with Gasteiger partial charge < -0.3 is 11.1 Å². The summed E-state index contributed by atoms with van der Waals surface area (Å²) < 4.78 is 13.9. The molecule has 0 saturated carbocycles. The van der Waals surface area contributed by atoms with Gasteiger partial charge in [0, 0.05) is 11.5 Å². The van der Waals surface area contributed by atoms with Crippen molar-refractivity contribution in [3.05, 3.63) is 29.6 Å². The summed E-state index contributed by atoms with van der Waals surface area (Å²) >= 11 is 4.79. The lowest BCUT2D eigenvalue weighted by atomic mass is 9.97. The highest BCUT2D eigenvalue weighted by molar-refractivity contribution is 7.80. The van der Waals surface area contributed by atoms with Gasteiger partial charge in [-0.05, 0) is 31.0 Å². The van der Waals surface area contributed by atoms with Crippen LogP contribution in [0.25, 0.3) is 0 Å². The minimum Gasteiger partial charge on any atom is -0.389 e. The molecule has 0 spiro atoms. The average Bonchev–Trinajstić information content (AvgIpc) is 2.40. The molecule has 1 amide bonds. The van der Waals surface area contributed by atoms with Crippen LogP contribution >= 0.6 is 12.2 Å². The van der Waals surface area contributed by atoms with Gasteiger partial charge in [-0.15, -0.1) is 0 Å². The number of nitrogens with two attached hydrogens (primary N) is 1. The molecule has 5 heteroatoms. The third-order valence-electron chi connectivity index (χ3n) is 3.16. The van der Waals surface area contributed by atoms with E-state index >= 15 is 0 Å². The predicted octanol–water partition coefficient (Wildman–Crippen LogP) is 3.61. The minimum absolute atomic E-state index is 0.0698. The van der Waals surface area contributed by atoms with Crippen LogP contribution in [0.2, 0.25) is 0 Å². The highest BCUT2D eigenvalue weighted by Crippen LogP contribution is 2.20. The number of carbonyl (C=O) groups is 1. The van der Waals surface area contributed by atoms with Gasteiger partial charge in [0.2, 0.25) is 5.91 Å². The van der Waals surface area contributed by atoms with Crippen LogP contribution in [0.5, 0.6) is 0 Å². The monoisotopic (exact) mass is 296 g/mol. The first-order valence-electron chi connectivity index (χ1n) is 6.89. The molecule has 0 heterocycles. The first-order valence-corrected chi connectivity index (χ1v) is 7.30. The van der Waals surface area contributed by atoms with Crippen LogP contribution in [0.4, 0.5) is 10.1 Å². The van der Waals surface area contributed by atoms with Gasteiger partial charge >= 0.3 is 0 Å². The highest BCUT2D eigenvalue weighted by Gasteiger charge is 2.18. The summed E-state index contributed by atoms with van der Waals surface area (Å²) in [5, 5.41) is 2.65. The molecule has 110 valence electrons. The SMILES string of the molecule is CCCC(CCC)C(=O)Nc1ccc(C(N)=S)cc1F. The van der Waals surface area contributed by atoms with Crippen molar-refractivity contribution >= 4 is 28.8 Å². The fraction of sp³-hybridized carbons (Fsp3) is 0.467. The molecule has 0 bridgehead atoms. The summed E-state index contributed by atoms with van der Waals surface area (Å²) in [6.45, 7) is 4.07. The number of benzene rings is 1. The van der Waals surface area contributed by atoms with E-state index in [1.807, 2.05) is 13.8 Å². The zero-order chi connectivity index (χ0) is 15.1. The van der Waals surface area contributed by atoms with E-state index in [1.54, 1.807) is 6.07 Å². The molecular formula is C15H21FN2OS. The average molecular weight is 296 g/mol. The van der Waals surface area contributed by atoms with Gasteiger partial charge in [-0.25, -0.2) is 4.39 Å².